The van der Waals surface area contributed by atoms with E-state index in [1.165, 1.54) is 0 Å². The number of ketones is 1. The van der Waals surface area contributed by atoms with E-state index in [0.29, 0.717) is 18.6 Å². The number of Topliss-reactive ketones (excluding diaryl/α,β-unsaturated/α-hetero) is 1. The number of benzene rings is 1. The minimum absolute atomic E-state index is 0.120. The van der Waals surface area contributed by atoms with Crippen molar-refractivity contribution in [3.8, 4) is 0 Å². The minimum atomic E-state index is -0.370. The number of esters is 1. The molecule has 0 saturated carbocycles. The maximum atomic E-state index is 12.9. The van der Waals surface area contributed by atoms with Gasteiger partial charge in [0.1, 0.15) is 0 Å². The summed E-state index contributed by atoms with van der Waals surface area (Å²) in [5.41, 5.74) is 3.94. The zero-order valence-electron chi connectivity index (χ0n) is 15.2. The number of halogens is 1. The third-order valence-corrected chi connectivity index (χ3v) is 5.40. The van der Waals surface area contributed by atoms with Crippen molar-refractivity contribution >= 4 is 27.7 Å². The Morgan fingerprint density at radius 1 is 1.35 bits per heavy atom. The highest BCUT2D eigenvalue weighted by Gasteiger charge is 2.39. The van der Waals surface area contributed by atoms with Crippen molar-refractivity contribution in [3.63, 3.8) is 0 Å². The van der Waals surface area contributed by atoms with Gasteiger partial charge in [-0.05, 0) is 43.9 Å². The Bertz CT molecular complexity index is 794. The molecule has 5 heteroatoms. The van der Waals surface area contributed by atoms with Gasteiger partial charge in [-0.2, -0.15) is 0 Å². The van der Waals surface area contributed by atoms with Gasteiger partial charge in [0.05, 0.1) is 12.2 Å². The first kappa shape index (κ1) is 18.9. The molecule has 0 bridgehead atoms. The molecule has 0 radical (unpaired) electrons. The Morgan fingerprint density at radius 3 is 2.88 bits per heavy atom. The van der Waals surface area contributed by atoms with Crippen LogP contribution in [0.3, 0.4) is 0 Å². The Balaban J connectivity index is 2.06. The molecule has 0 amide bonds. The highest BCUT2D eigenvalue weighted by molar-refractivity contribution is 9.10. The maximum Gasteiger partial charge on any atom is 0.336 e. The fraction of sp³-hybridized carbons (Fsp3) is 0.429. The fourth-order valence-electron chi connectivity index (χ4n) is 3.66. The number of unbranched alkanes of at least 4 members (excludes halogenated alkanes) is 1. The molecule has 1 aromatic carbocycles. The molecule has 1 aliphatic carbocycles. The predicted molar refractivity (Wildman–Crippen MR) is 104 cm³/mol. The number of carbonyl (C=O) groups excluding carboxylic acids is 2. The van der Waals surface area contributed by atoms with Gasteiger partial charge in [0.25, 0.3) is 0 Å². The molecule has 138 valence electrons. The lowest BCUT2D eigenvalue weighted by Gasteiger charge is -2.34. The molecule has 0 aromatic heterocycles. The lowest BCUT2D eigenvalue weighted by atomic mass is 9.75. The number of hydrogen-bond donors (Lipinski definition) is 1. The molecule has 1 atom stereocenters. The zero-order chi connectivity index (χ0) is 18.7. The quantitative estimate of drug-likeness (QED) is 0.554. The van der Waals surface area contributed by atoms with Gasteiger partial charge >= 0.3 is 5.97 Å². The van der Waals surface area contributed by atoms with Crippen LogP contribution in [0.2, 0.25) is 0 Å². The van der Waals surface area contributed by atoms with Crippen LogP contribution >= 0.6 is 15.9 Å². The van der Waals surface area contributed by atoms with Crippen molar-refractivity contribution in [2.24, 2.45) is 0 Å². The maximum absolute atomic E-state index is 12.9. The van der Waals surface area contributed by atoms with Gasteiger partial charge < -0.3 is 10.1 Å². The van der Waals surface area contributed by atoms with Crippen LogP contribution in [0.4, 0.5) is 0 Å². The molecule has 4 nitrogen and oxygen atoms in total. The van der Waals surface area contributed by atoms with Crippen molar-refractivity contribution in [1.82, 2.24) is 5.32 Å². The van der Waals surface area contributed by atoms with Crippen LogP contribution in [0.5, 0.6) is 0 Å². The van der Waals surface area contributed by atoms with Crippen molar-refractivity contribution in [2.75, 3.05) is 6.61 Å². The summed E-state index contributed by atoms with van der Waals surface area (Å²) in [6, 6.07) is 7.83. The third kappa shape index (κ3) is 3.78. The lowest BCUT2D eigenvalue weighted by molar-refractivity contribution is -0.139. The van der Waals surface area contributed by atoms with E-state index in [1.54, 1.807) is 0 Å². The molecule has 2 aliphatic rings. The summed E-state index contributed by atoms with van der Waals surface area (Å²) in [6.07, 6.45) is 4.01. The van der Waals surface area contributed by atoms with E-state index in [-0.39, 0.29) is 17.7 Å². The number of allylic oxidation sites excluding steroid dienone is 3. The van der Waals surface area contributed by atoms with Gasteiger partial charge in [-0.1, -0.05) is 41.4 Å². The average Bonchev–Trinajstić information content (AvgIpc) is 2.61. The number of rotatable bonds is 5. The first-order chi connectivity index (χ1) is 12.5. The van der Waals surface area contributed by atoms with Crippen LogP contribution in [-0.2, 0) is 14.3 Å². The number of nitrogens with one attached hydrogen (secondary N) is 1. The summed E-state index contributed by atoms with van der Waals surface area (Å²) >= 11 is 3.51. The van der Waals surface area contributed by atoms with Crippen LogP contribution < -0.4 is 5.32 Å². The molecule has 0 saturated heterocycles. The summed E-state index contributed by atoms with van der Waals surface area (Å²) in [7, 11) is 0. The molecule has 3 rings (SSSR count). The van der Waals surface area contributed by atoms with E-state index >= 15 is 0 Å². The third-order valence-electron chi connectivity index (χ3n) is 4.91. The van der Waals surface area contributed by atoms with Crippen LogP contribution in [0, 0.1) is 0 Å². The van der Waals surface area contributed by atoms with E-state index in [0.717, 1.165) is 52.7 Å². The Labute approximate surface area is 162 Å². The molecule has 1 heterocycles. The highest BCUT2D eigenvalue weighted by Crippen LogP contribution is 2.42. The van der Waals surface area contributed by atoms with Gasteiger partial charge in [0, 0.05) is 33.8 Å². The average molecular weight is 418 g/mol. The Hall–Kier alpha value is -1.88. The second-order valence-corrected chi connectivity index (χ2v) is 7.73. The predicted octanol–water partition coefficient (Wildman–Crippen LogP) is 4.76. The largest absolute Gasteiger partial charge is 0.462 e. The topological polar surface area (TPSA) is 55.4 Å². The lowest BCUT2D eigenvalue weighted by Crippen LogP contribution is -2.34. The van der Waals surface area contributed by atoms with Gasteiger partial charge in [0.2, 0.25) is 0 Å². The molecule has 0 spiro atoms. The Morgan fingerprint density at radius 2 is 2.15 bits per heavy atom. The van der Waals surface area contributed by atoms with E-state index in [1.807, 2.05) is 31.2 Å². The molecule has 1 aliphatic heterocycles. The normalized spacial score (nSPS) is 20.0. The standard InChI is InChI=1S/C21H24BrNO3/c1-3-4-11-26-21(25)18-13(2)23-16-9-6-10-17(24)20(16)19(18)14-7-5-8-15(22)12-14/h5,7-8,12,19,23H,3-4,6,9-11H2,1-2H3/t19-/m0/s1. The summed E-state index contributed by atoms with van der Waals surface area (Å²) in [4.78, 5) is 25.6. The van der Waals surface area contributed by atoms with Crippen molar-refractivity contribution in [2.45, 2.75) is 51.9 Å². The second-order valence-electron chi connectivity index (χ2n) is 6.81. The number of dihydropyridines is 1. The van der Waals surface area contributed by atoms with E-state index in [4.69, 9.17) is 4.74 Å². The Kier molecular flexibility index (Phi) is 5.97. The summed E-state index contributed by atoms with van der Waals surface area (Å²) < 4.78 is 6.43. The van der Waals surface area contributed by atoms with E-state index in [2.05, 4.69) is 28.2 Å². The number of hydrogen-bond acceptors (Lipinski definition) is 4. The highest BCUT2D eigenvalue weighted by atomic mass is 79.9. The van der Waals surface area contributed by atoms with Crippen LogP contribution in [-0.4, -0.2) is 18.4 Å². The summed E-state index contributed by atoms with van der Waals surface area (Å²) in [5.74, 6) is -0.584. The van der Waals surface area contributed by atoms with Crippen molar-refractivity contribution < 1.29 is 14.3 Å². The van der Waals surface area contributed by atoms with Crippen LogP contribution in [0.15, 0.2) is 51.3 Å². The van der Waals surface area contributed by atoms with Crippen LogP contribution in [0.25, 0.3) is 0 Å². The number of ether oxygens (including phenoxy) is 1. The summed E-state index contributed by atoms with van der Waals surface area (Å²) in [6.45, 7) is 4.35. The molecule has 26 heavy (non-hydrogen) atoms. The SMILES string of the molecule is CCCCOC(=O)C1=C(C)NC2=C(C(=O)CCC2)[C@H]1c1cccc(Br)c1. The van der Waals surface area contributed by atoms with Crippen molar-refractivity contribution in [1.29, 1.82) is 0 Å². The molecule has 0 fully saturated rings. The monoisotopic (exact) mass is 417 g/mol. The van der Waals surface area contributed by atoms with Gasteiger partial charge in [-0.25, -0.2) is 4.79 Å². The summed E-state index contributed by atoms with van der Waals surface area (Å²) in [5, 5.41) is 3.31. The minimum Gasteiger partial charge on any atom is -0.462 e. The number of carbonyl (C=O) groups is 2. The first-order valence-electron chi connectivity index (χ1n) is 9.19. The molecular formula is C21H24BrNO3. The first-order valence-corrected chi connectivity index (χ1v) is 9.98. The van der Waals surface area contributed by atoms with Gasteiger partial charge in [-0.3, -0.25) is 4.79 Å². The smallest absolute Gasteiger partial charge is 0.336 e. The van der Waals surface area contributed by atoms with E-state index in [9.17, 15) is 9.59 Å². The second kappa shape index (κ2) is 8.21. The molecule has 1 N–H and O–H groups in total. The fourth-order valence-corrected chi connectivity index (χ4v) is 4.08. The molecular weight excluding hydrogens is 394 g/mol. The van der Waals surface area contributed by atoms with E-state index < -0.39 is 0 Å². The molecule has 0 unspecified atom stereocenters. The van der Waals surface area contributed by atoms with Crippen molar-refractivity contribution in [3.05, 3.63) is 56.8 Å². The zero-order valence-corrected chi connectivity index (χ0v) is 16.8. The van der Waals surface area contributed by atoms with Gasteiger partial charge in [-0.15, -0.1) is 0 Å². The van der Waals surface area contributed by atoms with Gasteiger partial charge in [0.15, 0.2) is 5.78 Å². The van der Waals surface area contributed by atoms with Crippen LogP contribution in [0.1, 0.15) is 57.4 Å². The molecule has 1 aromatic rings.